The first-order valence-electron chi connectivity index (χ1n) is 7.58. The van der Waals surface area contributed by atoms with Gasteiger partial charge in [0.2, 0.25) is 0 Å². The molecule has 0 spiro atoms. The van der Waals surface area contributed by atoms with Gasteiger partial charge in [-0.2, -0.15) is 0 Å². The fourth-order valence-corrected chi connectivity index (χ4v) is 3.39. The lowest BCUT2D eigenvalue weighted by Gasteiger charge is -2.10. The van der Waals surface area contributed by atoms with Crippen molar-refractivity contribution in [1.29, 1.82) is 0 Å². The highest BCUT2D eigenvalue weighted by atomic mass is 32.2. The van der Waals surface area contributed by atoms with Crippen molar-refractivity contribution < 1.29 is 4.74 Å². The minimum absolute atomic E-state index is 0.790. The lowest BCUT2D eigenvalue weighted by atomic mass is 10.2. The zero-order chi connectivity index (χ0) is 16.1. The Balaban J connectivity index is 1.88. The van der Waals surface area contributed by atoms with Crippen LogP contribution in [0.1, 0.15) is 18.3 Å². The molecule has 1 aromatic heterocycles. The number of hydrogen-bond acceptors (Lipinski definition) is 4. The zero-order valence-electron chi connectivity index (χ0n) is 13.3. The summed E-state index contributed by atoms with van der Waals surface area (Å²) in [6.45, 7) is 2.10. The Bertz CT molecular complexity index is 771. The molecule has 2 aromatic carbocycles. The van der Waals surface area contributed by atoms with Crippen LogP contribution in [0.3, 0.4) is 0 Å². The molecule has 3 rings (SSSR count). The monoisotopic (exact) mass is 325 g/mol. The Morgan fingerprint density at radius 1 is 1.00 bits per heavy atom. The fourth-order valence-electron chi connectivity index (χ4n) is 2.42. The second kappa shape index (κ2) is 7.33. The second-order valence-corrected chi connectivity index (χ2v) is 5.97. The third kappa shape index (κ3) is 3.40. The third-order valence-corrected chi connectivity index (χ3v) is 4.56. The van der Waals surface area contributed by atoms with Gasteiger partial charge in [0.15, 0.2) is 5.16 Å². The number of nitrogens with zero attached hydrogens (tertiary/aromatic N) is 3. The highest BCUT2D eigenvalue weighted by molar-refractivity contribution is 7.98. The molecule has 0 atom stereocenters. The lowest BCUT2D eigenvalue weighted by molar-refractivity contribution is 0.411. The van der Waals surface area contributed by atoms with Crippen LogP contribution in [0.2, 0.25) is 0 Å². The Hall–Kier alpha value is -2.27. The summed E-state index contributed by atoms with van der Waals surface area (Å²) in [5, 5.41) is 9.60. The molecular formula is C18H19N3OS. The Labute approximate surface area is 140 Å². The predicted octanol–water partition coefficient (Wildman–Crippen LogP) is 4.13. The van der Waals surface area contributed by atoms with Crippen molar-refractivity contribution in [1.82, 2.24) is 14.8 Å². The third-order valence-electron chi connectivity index (χ3n) is 3.58. The summed E-state index contributed by atoms with van der Waals surface area (Å²) in [4.78, 5) is 0. The maximum absolute atomic E-state index is 5.42. The van der Waals surface area contributed by atoms with Gasteiger partial charge in [-0.3, -0.25) is 4.57 Å². The van der Waals surface area contributed by atoms with E-state index in [0.29, 0.717) is 0 Å². The topological polar surface area (TPSA) is 39.9 Å². The molecular weight excluding hydrogens is 306 g/mol. The number of methoxy groups -OCH3 is 1. The number of para-hydroxylation sites is 2. The Morgan fingerprint density at radius 3 is 2.48 bits per heavy atom. The summed E-state index contributed by atoms with van der Waals surface area (Å²) in [5.41, 5.74) is 2.25. The van der Waals surface area contributed by atoms with Gasteiger partial charge in [0, 0.05) is 23.4 Å². The number of aryl methyl sites for hydroxylation is 1. The van der Waals surface area contributed by atoms with Crippen LogP contribution in [0.25, 0.3) is 5.69 Å². The number of benzene rings is 2. The van der Waals surface area contributed by atoms with E-state index in [4.69, 9.17) is 4.74 Å². The van der Waals surface area contributed by atoms with Crippen LogP contribution in [-0.4, -0.2) is 21.9 Å². The first-order chi connectivity index (χ1) is 11.3. The average molecular weight is 325 g/mol. The molecule has 1 heterocycles. The average Bonchev–Trinajstić information content (AvgIpc) is 3.04. The Morgan fingerprint density at radius 2 is 1.74 bits per heavy atom. The largest absolute Gasteiger partial charge is 0.496 e. The molecule has 0 unspecified atom stereocenters. The minimum Gasteiger partial charge on any atom is -0.496 e. The fraction of sp³-hybridized carbons (Fsp3) is 0.222. The van der Waals surface area contributed by atoms with Crippen molar-refractivity contribution in [3.8, 4) is 11.4 Å². The molecule has 0 N–H and O–H groups in total. The molecule has 3 aromatic rings. The van der Waals surface area contributed by atoms with Crippen LogP contribution < -0.4 is 4.74 Å². The van der Waals surface area contributed by atoms with Crippen LogP contribution in [0.4, 0.5) is 0 Å². The summed E-state index contributed by atoms with van der Waals surface area (Å²) in [7, 11) is 1.70. The number of hydrogen-bond donors (Lipinski definition) is 0. The van der Waals surface area contributed by atoms with Gasteiger partial charge >= 0.3 is 0 Å². The highest BCUT2D eigenvalue weighted by Gasteiger charge is 2.14. The van der Waals surface area contributed by atoms with Gasteiger partial charge in [0.25, 0.3) is 0 Å². The maximum atomic E-state index is 5.42. The van der Waals surface area contributed by atoms with Gasteiger partial charge in [-0.15, -0.1) is 10.2 Å². The molecule has 0 aliphatic carbocycles. The van der Waals surface area contributed by atoms with E-state index in [-0.39, 0.29) is 0 Å². The van der Waals surface area contributed by atoms with Crippen molar-refractivity contribution >= 4 is 11.8 Å². The van der Waals surface area contributed by atoms with E-state index in [2.05, 4.69) is 39.9 Å². The molecule has 118 valence electrons. The van der Waals surface area contributed by atoms with Crippen LogP contribution >= 0.6 is 11.8 Å². The van der Waals surface area contributed by atoms with E-state index in [1.807, 2.05) is 36.4 Å². The minimum atomic E-state index is 0.790. The molecule has 0 saturated carbocycles. The maximum Gasteiger partial charge on any atom is 0.196 e. The smallest absolute Gasteiger partial charge is 0.196 e. The SMILES string of the molecule is CCc1nnc(SCc2ccccc2OC)n1-c1ccccc1. The molecule has 0 aliphatic rings. The van der Waals surface area contributed by atoms with Crippen LogP contribution in [0.15, 0.2) is 59.8 Å². The quantitative estimate of drug-likeness (QED) is 0.639. The molecule has 23 heavy (non-hydrogen) atoms. The number of rotatable bonds is 6. The summed E-state index contributed by atoms with van der Waals surface area (Å²) in [5.74, 6) is 2.67. The number of thioether (sulfide) groups is 1. The van der Waals surface area contributed by atoms with Crippen LogP contribution in [0.5, 0.6) is 5.75 Å². The normalized spacial score (nSPS) is 10.7. The predicted molar refractivity (Wildman–Crippen MR) is 93.3 cm³/mol. The molecule has 0 aliphatic heterocycles. The second-order valence-electron chi connectivity index (χ2n) is 5.02. The van der Waals surface area contributed by atoms with Gasteiger partial charge in [0.1, 0.15) is 11.6 Å². The Kier molecular flexibility index (Phi) is 4.98. The van der Waals surface area contributed by atoms with Gasteiger partial charge in [-0.25, -0.2) is 0 Å². The summed E-state index contributed by atoms with van der Waals surface area (Å²) in [6, 6.07) is 18.3. The van der Waals surface area contributed by atoms with Crippen molar-refractivity contribution in [2.75, 3.05) is 7.11 Å². The molecule has 0 radical (unpaired) electrons. The molecule has 4 nitrogen and oxygen atoms in total. The van der Waals surface area contributed by atoms with Gasteiger partial charge < -0.3 is 4.74 Å². The van der Waals surface area contributed by atoms with Crippen molar-refractivity contribution in [2.24, 2.45) is 0 Å². The van der Waals surface area contributed by atoms with E-state index in [1.165, 1.54) is 0 Å². The molecule has 0 fully saturated rings. The van der Waals surface area contributed by atoms with E-state index in [1.54, 1.807) is 18.9 Å². The van der Waals surface area contributed by atoms with Gasteiger partial charge in [-0.1, -0.05) is 55.1 Å². The van der Waals surface area contributed by atoms with Crippen molar-refractivity contribution in [3.05, 3.63) is 66.0 Å². The molecule has 0 saturated heterocycles. The van der Waals surface area contributed by atoms with Crippen LogP contribution in [0, 0.1) is 0 Å². The number of aromatic nitrogens is 3. The van der Waals surface area contributed by atoms with Gasteiger partial charge in [0.05, 0.1) is 7.11 Å². The van der Waals surface area contributed by atoms with Crippen LogP contribution in [-0.2, 0) is 12.2 Å². The molecule has 0 amide bonds. The zero-order valence-corrected chi connectivity index (χ0v) is 14.1. The lowest BCUT2D eigenvalue weighted by Crippen LogP contribution is -2.01. The first kappa shape index (κ1) is 15.6. The first-order valence-corrected chi connectivity index (χ1v) is 8.56. The van der Waals surface area contributed by atoms with Gasteiger partial charge in [-0.05, 0) is 18.2 Å². The highest BCUT2D eigenvalue weighted by Crippen LogP contribution is 2.29. The van der Waals surface area contributed by atoms with E-state index < -0.39 is 0 Å². The summed E-state index contributed by atoms with van der Waals surface area (Å²) < 4.78 is 7.54. The molecule has 5 heteroatoms. The van der Waals surface area contributed by atoms with Crippen molar-refractivity contribution in [3.63, 3.8) is 0 Å². The van der Waals surface area contributed by atoms with E-state index in [0.717, 1.165) is 40.2 Å². The van der Waals surface area contributed by atoms with E-state index in [9.17, 15) is 0 Å². The number of ether oxygens (including phenoxy) is 1. The molecule has 0 bridgehead atoms. The van der Waals surface area contributed by atoms with Crippen molar-refractivity contribution in [2.45, 2.75) is 24.3 Å². The van der Waals surface area contributed by atoms with E-state index >= 15 is 0 Å². The summed E-state index contributed by atoms with van der Waals surface area (Å²) >= 11 is 1.67. The summed E-state index contributed by atoms with van der Waals surface area (Å²) in [6.07, 6.45) is 0.844. The standard InChI is InChI=1S/C18H19N3OS/c1-3-17-19-20-18(21(17)15-10-5-4-6-11-15)23-13-14-9-7-8-12-16(14)22-2/h4-12H,3,13H2,1-2H3.